The summed E-state index contributed by atoms with van der Waals surface area (Å²) in [6.45, 7) is 7.62. The minimum atomic E-state index is -0.180. The van der Waals surface area contributed by atoms with Crippen molar-refractivity contribution in [2.24, 2.45) is 5.10 Å². The van der Waals surface area contributed by atoms with Crippen molar-refractivity contribution in [3.8, 4) is 17.2 Å². The third kappa shape index (κ3) is 4.54. The van der Waals surface area contributed by atoms with Crippen molar-refractivity contribution in [1.82, 2.24) is 14.8 Å². The van der Waals surface area contributed by atoms with E-state index in [4.69, 9.17) is 19.3 Å². The highest BCUT2D eigenvalue weighted by Gasteiger charge is 2.35. The molecule has 5 rings (SSSR count). The maximum absolute atomic E-state index is 13.4. The minimum absolute atomic E-state index is 0.0196. The van der Waals surface area contributed by atoms with Gasteiger partial charge in [-0.25, -0.2) is 5.01 Å². The standard InChI is InChI=1S/C25H30N4O4/c1-3-27-10-12-28(13-11-27)16-25(30)29-22(19-6-9-23-24(14-19)33-17-32-23)15-21(26-29)18-4-7-20(31-2)8-5-18/h4-9,14,22H,3,10-13,15-17H2,1-2H3/t22-/m1/s1. The Balaban J connectivity index is 1.38. The number of hydrazone groups is 1. The molecule has 0 saturated carbocycles. The highest BCUT2D eigenvalue weighted by Crippen LogP contribution is 2.39. The number of nitrogens with zero attached hydrogens (tertiary/aromatic N) is 4. The number of fused-ring (bicyclic) bond motifs is 1. The van der Waals surface area contributed by atoms with Crippen LogP contribution in [-0.2, 0) is 4.79 Å². The van der Waals surface area contributed by atoms with Gasteiger partial charge in [0.1, 0.15) is 5.75 Å². The summed E-state index contributed by atoms with van der Waals surface area (Å²) in [5.74, 6) is 2.27. The molecule has 1 atom stereocenters. The van der Waals surface area contributed by atoms with E-state index in [1.54, 1.807) is 12.1 Å². The van der Waals surface area contributed by atoms with Crippen LogP contribution in [0.1, 0.15) is 30.5 Å². The molecule has 174 valence electrons. The molecular weight excluding hydrogens is 420 g/mol. The first kappa shape index (κ1) is 21.7. The number of hydrogen-bond donors (Lipinski definition) is 0. The number of benzene rings is 2. The fourth-order valence-electron chi connectivity index (χ4n) is 4.61. The normalized spacial score (nSPS) is 20.7. The number of carbonyl (C=O) groups excluding carboxylic acids is 1. The molecule has 2 aromatic carbocycles. The average Bonchev–Trinajstić information content (AvgIpc) is 3.51. The quantitative estimate of drug-likeness (QED) is 0.674. The molecule has 3 aliphatic rings. The van der Waals surface area contributed by atoms with E-state index in [2.05, 4.69) is 16.7 Å². The van der Waals surface area contributed by atoms with Gasteiger partial charge < -0.3 is 19.1 Å². The molecule has 2 aromatic rings. The zero-order valence-corrected chi connectivity index (χ0v) is 19.2. The van der Waals surface area contributed by atoms with Crippen LogP contribution >= 0.6 is 0 Å². The number of carbonyl (C=O) groups is 1. The Labute approximate surface area is 194 Å². The summed E-state index contributed by atoms with van der Waals surface area (Å²) in [5, 5.41) is 6.48. The SMILES string of the molecule is CCN1CCN(CC(=O)N2N=C(c3ccc(OC)cc3)C[C@@H]2c2ccc3c(c2)OCO3)CC1. The van der Waals surface area contributed by atoms with Gasteiger partial charge in [-0.15, -0.1) is 0 Å². The van der Waals surface area contributed by atoms with Crippen LogP contribution in [0.4, 0.5) is 0 Å². The summed E-state index contributed by atoms with van der Waals surface area (Å²) in [6.07, 6.45) is 0.640. The largest absolute Gasteiger partial charge is 0.497 e. The van der Waals surface area contributed by atoms with E-state index in [9.17, 15) is 4.79 Å². The topological polar surface area (TPSA) is 66.8 Å². The van der Waals surface area contributed by atoms with E-state index in [1.807, 2.05) is 42.5 Å². The van der Waals surface area contributed by atoms with Crippen molar-refractivity contribution in [2.45, 2.75) is 19.4 Å². The number of amides is 1. The predicted molar refractivity (Wildman–Crippen MR) is 125 cm³/mol. The molecule has 3 heterocycles. The van der Waals surface area contributed by atoms with Gasteiger partial charge in [0.05, 0.1) is 25.4 Å². The number of rotatable bonds is 6. The summed E-state index contributed by atoms with van der Waals surface area (Å²) in [6, 6.07) is 13.5. The molecular formula is C25H30N4O4. The summed E-state index contributed by atoms with van der Waals surface area (Å²) < 4.78 is 16.3. The zero-order valence-electron chi connectivity index (χ0n) is 19.2. The Morgan fingerprint density at radius 1 is 1.03 bits per heavy atom. The number of methoxy groups -OCH3 is 1. The molecule has 0 N–H and O–H groups in total. The Morgan fingerprint density at radius 3 is 2.48 bits per heavy atom. The molecule has 0 aromatic heterocycles. The van der Waals surface area contributed by atoms with Crippen LogP contribution in [0.15, 0.2) is 47.6 Å². The molecule has 3 aliphatic heterocycles. The maximum Gasteiger partial charge on any atom is 0.257 e. The van der Waals surface area contributed by atoms with E-state index in [0.717, 1.165) is 61.1 Å². The van der Waals surface area contributed by atoms with Gasteiger partial charge in [-0.05, 0) is 54.1 Å². The second-order valence-corrected chi connectivity index (χ2v) is 8.56. The lowest BCUT2D eigenvalue weighted by Gasteiger charge is -2.34. The third-order valence-electron chi connectivity index (χ3n) is 6.64. The lowest BCUT2D eigenvalue weighted by Crippen LogP contribution is -2.49. The number of ether oxygens (including phenoxy) is 3. The van der Waals surface area contributed by atoms with Crippen LogP contribution in [0.5, 0.6) is 17.2 Å². The van der Waals surface area contributed by atoms with Gasteiger partial charge >= 0.3 is 0 Å². The molecule has 8 heteroatoms. The predicted octanol–water partition coefficient (Wildman–Crippen LogP) is 2.74. The van der Waals surface area contributed by atoms with Gasteiger partial charge in [0.15, 0.2) is 11.5 Å². The summed E-state index contributed by atoms with van der Waals surface area (Å²) in [5.41, 5.74) is 2.88. The van der Waals surface area contributed by atoms with Gasteiger partial charge in [-0.1, -0.05) is 13.0 Å². The minimum Gasteiger partial charge on any atom is -0.497 e. The molecule has 8 nitrogen and oxygen atoms in total. The molecule has 33 heavy (non-hydrogen) atoms. The summed E-state index contributed by atoms with van der Waals surface area (Å²) in [7, 11) is 1.65. The van der Waals surface area contributed by atoms with Gasteiger partial charge in [-0.3, -0.25) is 9.69 Å². The van der Waals surface area contributed by atoms with Crippen molar-refractivity contribution in [3.05, 3.63) is 53.6 Å². The van der Waals surface area contributed by atoms with E-state index in [0.29, 0.717) is 18.7 Å². The van der Waals surface area contributed by atoms with Crippen molar-refractivity contribution in [3.63, 3.8) is 0 Å². The number of likely N-dealkylation sites (N-methyl/N-ethyl adjacent to an activating group) is 1. The van der Waals surface area contributed by atoms with Crippen LogP contribution in [0.2, 0.25) is 0 Å². The number of piperazine rings is 1. The van der Waals surface area contributed by atoms with E-state index < -0.39 is 0 Å². The van der Waals surface area contributed by atoms with Crippen LogP contribution in [0.3, 0.4) is 0 Å². The first-order valence-electron chi connectivity index (χ1n) is 11.5. The number of hydrogen-bond acceptors (Lipinski definition) is 7. The van der Waals surface area contributed by atoms with Crippen molar-refractivity contribution < 1.29 is 19.0 Å². The van der Waals surface area contributed by atoms with Crippen LogP contribution in [0.25, 0.3) is 0 Å². The van der Waals surface area contributed by atoms with Crippen molar-refractivity contribution in [1.29, 1.82) is 0 Å². The summed E-state index contributed by atoms with van der Waals surface area (Å²) in [4.78, 5) is 18.1. The third-order valence-corrected chi connectivity index (χ3v) is 6.64. The second-order valence-electron chi connectivity index (χ2n) is 8.56. The Kier molecular flexibility index (Phi) is 6.20. The maximum atomic E-state index is 13.4. The van der Waals surface area contributed by atoms with Gasteiger partial charge in [0, 0.05) is 32.6 Å². The zero-order chi connectivity index (χ0) is 22.8. The molecule has 0 spiro atoms. The average molecular weight is 451 g/mol. The first-order valence-corrected chi connectivity index (χ1v) is 11.5. The highest BCUT2D eigenvalue weighted by molar-refractivity contribution is 6.03. The Hall–Kier alpha value is -3.10. The molecule has 1 saturated heterocycles. The first-order chi connectivity index (χ1) is 16.1. The van der Waals surface area contributed by atoms with Crippen LogP contribution < -0.4 is 14.2 Å². The molecule has 0 aliphatic carbocycles. The Morgan fingerprint density at radius 2 is 1.76 bits per heavy atom. The van der Waals surface area contributed by atoms with Crippen LogP contribution in [0, 0.1) is 0 Å². The molecule has 1 amide bonds. The van der Waals surface area contributed by atoms with Crippen LogP contribution in [-0.4, -0.2) is 79.6 Å². The highest BCUT2D eigenvalue weighted by atomic mass is 16.7. The fraction of sp³-hybridized carbons (Fsp3) is 0.440. The van der Waals surface area contributed by atoms with Crippen molar-refractivity contribution in [2.75, 3.05) is 53.2 Å². The summed E-state index contributed by atoms with van der Waals surface area (Å²) >= 11 is 0. The Bertz CT molecular complexity index is 1030. The van der Waals surface area contributed by atoms with Crippen molar-refractivity contribution >= 4 is 11.6 Å². The fourth-order valence-corrected chi connectivity index (χ4v) is 4.61. The second kappa shape index (κ2) is 9.41. The van der Waals surface area contributed by atoms with Gasteiger partial charge in [0.2, 0.25) is 6.79 Å². The monoisotopic (exact) mass is 450 g/mol. The smallest absolute Gasteiger partial charge is 0.257 e. The molecule has 0 unspecified atom stereocenters. The molecule has 1 fully saturated rings. The van der Waals surface area contributed by atoms with Gasteiger partial charge in [-0.2, -0.15) is 5.10 Å². The van der Waals surface area contributed by atoms with E-state index >= 15 is 0 Å². The van der Waals surface area contributed by atoms with Gasteiger partial charge in [0.25, 0.3) is 5.91 Å². The van der Waals surface area contributed by atoms with E-state index in [-0.39, 0.29) is 18.7 Å². The molecule has 0 bridgehead atoms. The molecule has 0 radical (unpaired) electrons. The lowest BCUT2D eigenvalue weighted by atomic mass is 9.98. The van der Waals surface area contributed by atoms with E-state index in [1.165, 1.54) is 0 Å². The lowest BCUT2D eigenvalue weighted by molar-refractivity contribution is -0.134.